The SMILES string of the molecule is CCN(C(=O)CNc1ccccc1C)C1CCCCC1. The standard InChI is InChI=1S/C17H26N2O/c1-3-19(15-10-5-4-6-11-15)17(20)13-18-16-12-8-7-9-14(16)2/h7-9,12,15,18H,3-6,10-11,13H2,1-2H3. The summed E-state index contributed by atoms with van der Waals surface area (Å²) in [5, 5.41) is 3.28. The molecule has 0 unspecified atom stereocenters. The second-order valence-corrected chi connectivity index (χ2v) is 5.64. The molecule has 1 aliphatic carbocycles. The normalized spacial score (nSPS) is 15.9. The molecule has 0 saturated heterocycles. The molecule has 2 rings (SSSR count). The molecule has 1 amide bonds. The molecule has 1 aromatic carbocycles. The molecule has 1 saturated carbocycles. The molecule has 0 aromatic heterocycles. The zero-order chi connectivity index (χ0) is 14.4. The zero-order valence-electron chi connectivity index (χ0n) is 12.7. The number of hydrogen-bond donors (Lipinski definition) is 1. The highest BCUT2D eigenvalue weighted by atomic mass is 16.2. The Hall–Kier alpha value is -1.51. The number of amides is 1. The number of benzene rings is 1. The molecule has 0 aliphatic heterocycles. The fourth-order valence-corrected chi connectivity index (χ4v) is 3.07. The van der Waals surface area contributed by atoms with Gasteiger partial charge >= 0.3 is 0 Å². The predicted molar refractivity (Wildman–Crippen MR) is 83.9 cm³/mol. The molecular weight excluding hydrogens is 248 g/mol. The minimum absolute atomic E-state index is 0.225. The number of nitrogens with zero attached hydrogens (tertiary/aromatic N) is 1. The first-order valence-corrected chi connectivity index (χ1v) is 7.81. The highest BCUT2D eigenvalue weighted by Gasteiger charge is 2.23. The lowest BCUT2D eigenvalue weighted by Gasteiger charge is -2.33. The van der Waals surface area contributed by atoms with E-state index in [2.05, 4.69) is 30.1 Å². The van der Waals surface area contributed by atoms with Crippen LogP contribution in [0.5, 0.6) is 0 Å². The third kappa shape index (κ3) is 3.75. The minimum atomic E-state index is 0.225. The maximum atomic E-state index is 12.4. The Morgan fingerprint density at radius 1 is 1.25 bits per heavy atom. The maximum Gasteiger partial charge on any atom is 0.242 e. The van der Waals surface area contributed by atoms with Crippen LogP contribution in [0.2, 0.25) is 0 Å². The minimum Gasteiger partial charge on any atom is -0.376 e. The summed E-state index contributed by atoms with van der Waals surface area (Å²) in [5.41, 5.74) is 2.24. The number of carbonyl (C=O) groups is 1. The number of rotatable bonds is 5. The first kappa shape index (κ1) is 14.9. The van der Waals surface area contributed by atoms with Gasteiger partial charge in [-0.1, -0.05) is 37.5 Å². The van der Waals surface area contributed by atoms with Crippen LogP contribution in [0.3, 0.4) is 0 Å². The largest absolute Gasteiger partial charge is 0.376 e. The van der Waals surface area contributed by atoms with Crippen LogP contribution in [-0.4, -0.2) is 29.9 Å². The van der Waals surface area contributed by atoms with Crippen LogP contribution in [0, 0.1) is 6.92 Å². The summed E-state index contributed by atoms with van der Waals surface area (Å²) in [6.45, 7) is 5.36. The lowest BCUT2D eigenvalue weighted by molar-refractivity contribution is -0.132. The Balaban J connectivity index is 1.90. The molecule has 3 heteroatoms. The van der Waals surface area contributed by atoms with E-state index in [9.17, 15) is 4.79 Å². The van der Waals surface area contributed by atoms with Gasteiger partial charge in [-0.25, -0.2) is 0 Å². The Morgan fingerprint density at radius 2 is 1.95 bits per heavy atom. The third-order valence-corrected chi connectivity index (χ3v) is 4.25. The van der Waals surface area contributed by atoms with Crippen molar-refractivity contribution in [1.82, 2.24) is 4.90 Å². The van der Waals surface area contributed by atoms with Crippen LogP contribution in [-0.2, 0) is 4.79 Å². The Bertz CT molecular complexity index is 438. The Labute approximate surface area is 122 Å². The van der Waals surface area contributed by atoms with Crippen LogP contribution in [0.25, 0.3) is 0 Å². The first-order valence-electron chi connectivity index (χ1n) is 7.81. The van der Waals surface area contributed by atoms with Gasteiger partial charge in [0.25, 0.3) is 0 Å². The fraction of sp³-hybridized carbons (Fsp3) is 0.588. The van der Waals surface area contributed by atoms with Gasteiger partial charge in [-0.3, -0.25) is 4.79 Å². The summed E-state index contributed by atoms with van der Waals surface area (Å²) >= 11 is 0. The van der Waals surface area contributed by atoms with E-state index in [0.29, 0.717) is 12.6 Å². The van der Waals surface area contributed by atoms with Crippen LogP contribution in [0.4, 0.5) is 5.69 Å². The molecule has 1 N–H and O–H groups in total. The summed E-state index contributed by atoms with van der Waals surface area (Å²) in [4.78, 5) is 14.5. The van der Waals surface area contributed by atoms with E-state index in [1.807, 2.05) is 18.2 Å². The number of aryl methyl sites for hydroxylation is 1. The van der Waals surface area contributed by atoms with E-state index in [0.717, 1.165) is 12.2 Å². The molecule has 3 nitrogen and oxygen atoms in total. The van der Waals surface area contributed by atoms with E-state index in [-0.39, 0.29) is 5.91 Å². The van der Waals surface area contributed by atoms with Crippen molar-refractivity contribution in [3.8, 4) is 0 Å². The molecule has 1 aromatic rings. The quantitative estimate of drug-likeness (QED) is 0.890. The maximum absolute atomic E-state index is 12.4. The average Bonchev–Trinajstić information content (AvgIpc) is 2.48. The van der Waals surface area contributed by atoms with Gasteiger partial charge in [0.1, 0.15) is 0 Å². The number of nitrogens with one attached hydrogen (secondary N) is 1. The van der Waals surface area contributed by atoms with Gasteiger partial charge in [0.05, 0.1) is 6.54 Å². The van der Waals surface area contributed by atoms with Crippen molar-refractivity contribution in [3.05, 3.63) is 29.8 Å². The van der Waals surface area contributed by atoms with Crippen LogP contribution < -0.4 is 5.32 Å². The van der Waals surface area contributed by atoms with Crippen LogP contribution in [0.1, 0.15) is 44.6 Å². The summed E-state index contributed by atoms with van der Waals surface area (Å²) in [7, 11) is 0. The summed E-state index contributed by atoms with van der Waals surface area (Å²) in [6, 6.07) is 8.56. The monoisotopic (exact) mass is 274 g/mol. The van der Waals surface area contributed by atoms with Crippen molar-refractivity contribution >= 4 is 11.6 Å². The first-order chi connectivity index (χ1) is 9.72. The topological polar surface area (TPSA) is 32.3 Å². The molecule has 1 fully saturated rings. The molecular formula is C17H26N2O. The fourth-order valence-electron chi connectivity index (χ4n) is 3.07. The zero-order valence-corrected chi connectivity index (χ0v) is 12.7. The van der Waals surface area contributed by atoms with Gasteiger partial charge in [-0.15, -0.1) is 0 Å². The Morgan fingerprint density at radius 3 is 2.60 bits per heavy atom. The molecule has 0 bridgehead atoms. The van der Waals surface area contributed by atoms with Gasteiger partial charge in [0.15, 0.2) is 0 Å². The van der Waals surface area contributed by atoms with Crippen molar-refractivity contribution in [1.29, 1.82) is 0 Å². The second-order valence-electron chi connectivity index (χ2n) is 5.64. The van der Waals surface area contributed by atoms with Crippen molar-refractivity contribution in [3.63, 3.8) is 0 Å². The van der Waals surface area contributed by atoms with Crippen molar-refractivity contribution < 1.29 is 4.79 Å². The third-order valence-electron chi connectivity index (χ3n) is 4.25. The van der Waals surface area contributed by atoms with E-state index in [4.69, 9.17) is 0 Å². The van der Waals surface area contributed by atoms with Gasteiger partial charge in [-0.05, 0) is 38.3 Å². The highest BCUT2D eigenvalue weighted by molar-refractivity contribution is 5.81. The van der Waals surface area contributed by atoms with Crippen molar-refractivity contribution in [2.45, 2.75) is 52.0 Å². The number of hydrogen-bond acceptors (Lipinski definition) is 2. The molecule has 1 aliphatic rings. The predicted octanol–water partition coefficient (Wildman–Crippen LogP) is 3.59. The van der Waals surface area contributed by atoms with Crippen LogP contribution >= 0.6 is 0 Å². The van der Waals surface area contributed by atoms with Gasteiger partial charge in [-0.2, -0.15) is 0 Å². The van der Waals surface area contributed by atoms with E-state index in [1.54, 1.807) is 0 Å². The highest BCUT2D eigenvalue weighted by Crippen LogP contribution is 2.22. The number of anilines is 1. The molecule has 0 radical (unpaired) electrons. The average molecular weight is 274 g/mol. The smallest absolute Gasteiger partial charge is 0.242 e. The van der Waals surface area contributed by atoms with E-state index in [1.165, 1.54) is 37.7 Å². The van der Waals surface area contributed by atoms with E-state index >= 15 is 0 Å². The molecule has 0 spiro atoms. The molecule has 0 heterocycles. The lowest BCUT2D eigenvalue weighted by atomic mass is 9.94. The number of carbonyl (C=O) groups excluding carboxylic acids is 1. The van der Waals surface area contributed by atoms with Gasteiger partial charge in [0.2, 0.25) is 5.91 Å². The summed E-state index contributed by atoms with van der Waals surface area (Å²) < 4.78 is 0. The van der Waals surface area contributed by atoms with Crippen molar-refractivity contribution in [2.75, 3.05) is 18.4 Å². The lowest BCUT2D eigenvalue weighted by Crippen LogP contribution is -2.44. The van der Waals surface area contributed by atoms with Crippen LogP contribution in [0.15, 0.2) is 24.3 Å². The number of likely N-dealkylation sites (N-methyl/N-ethyl adjacent to an activating group) is 1. The van der Waals surface area contributed by atoms with Gasteiger partial charge in [0, 0.05) is 18.3 Å². The molecule has 110 valence electrons. The Kier molecular flexibility index (Phi) is 5.45. The number of para-hydroxylation sites is 1. The molecule has 20 heavy (non-hydrogen) atoms. The molecule has 0 atom stereocenters. The van der Waals surface area contributed by atoms with Crippen molar-refractivity contribution in [2.24, 2.45) is 0 Å². The summed E-state index contributed by atoms with van der Waals surface area (Å²) in [6.07, 6.45) is 6.19. The second kappa shape index (κ2) is 7.32. The van der Waals surface area contributed by atoms with E-state index < -0.39 is 0 Å². The van der Waals surface area contributed by atoms with Gasteiger partial charge < -0.3 is 10.2 Å². The summed E-state index contributed by atoms with van der Waals surface area (Å²) in [5.74, 6) is 0.225.